The lowest BCUT2D eigenvalue weighted by Gasteiger charge is -2.11. The first kappa shape index (κ1) is 18.5. The van der Waals surface area contributed by atoms with Crippen LogP contribution in [0.15, 0.2) is 65.6 Å². The molecule has 0 fully saturated rings. The predicted octanol–water partition coefficient (Wildman–Crippen LogP) is 3.67. The van der Waals surface area contributed by atoms with Crippen LogP contribution in [-0.2, 0) is 20.0 Å². The minimum Gasteiger partial charge on any atom is -0.282 e. The van der Waals surface area contributed by atoms with Gasteiger partial charge in [0.05, 0.1) is 27.5 Å². The molecule has 0 aliphatic carbocycles. The smallest absolute Gasteiger partial charge is 0.261 e. The second kappa shape index (κ2) is 6.79. The molecule has 0 radical (unpaired) electrons. The normalized spacial score (nSPS) is 12.1. The Kier molecular flexibility index (Phi) is 4.83. The van der Waals surface area contributed by atoms with Crippen molar-refractivity contribution in [2.24, 2.45) is 0 Å². The fourth-order valence-electron chi connectivity index (χ4n) is 2.41. The molecule has 6 nitrogen and oxygen atoms in total. The van der Waals surface area contributed by atoms with E-state index < -0.39 is 20.0 Å². The Bertz CT molecular complexity index is 1190. The molecule has 0 saturated heterocycles. The molecule has 3 aromatic rings. The third-order valence-corrected chi connectivity index (χ3v) is 5.83. The number of hydrogen-bond donors (Lipinski definition) is 2. The second-order valence-corrected chi connectivity index (χ2v) is 9.52. The van der Waals surface area contributed by atoms with Gasteiger partial charge in [0.15, 0.2) is 0 Å². The molecule has 3 aromatic carbocycles. The van der Waals surface area contributed by atoms with E-state index in [0.29, 0.717) is 0 Å². The molecule has 0 amide bonds. The molecule has 136 valence electrons. The Hall–Kier alpha value is -2.29. The van der Waals surface area contributed by atoms with Crippen molar-refractivity contribution in [3.05, 3.63) is 65.7 Å². The summed E-state index contributed by atoms with van der Waals surface area (Å²) >= 11 is 6.03. The van der Waals surface area contributed by atoms with E-state index in [0.717, 1.165) is 17.0 Å². The van der Waals surface area contributed by atoms with Crippen molar-refractivity contribution >= 4 is 53.8 Å². The van der Waals surface area contributed by atoms with E-state index in [2.05, 4.69) is 9.44 Å². The fourth-order valence-corrected chi connectivity index (χ4v) is 4.36. The van der Waals surface area contributed by atoms with Crippen LogP contribution in [0.25, 0.3) is 10.8 Å². The lowest BCUT2D eigenvalue weighted by Crippen LogP contribution is -2.13. The standard InChI is InChI=1S/C17H15ClN2O4S2/c1-25(21,22)20-17-9-7-14(11-16(17)18)19-26(23,24)15-8-6-12-4-2-3-5-13(12)10-15/h2-11,19-20H,1H3. The van der Waals surface area contributed by atoms with Gasteiger partial charge in [-0.05, 0) is 41.1 Å². The first-order valence-electron chi connectivity index (χ1n) is 7.43. The SMILES string of the molecule is CS(=O)(=O)Nc1ccc(NS(=O)(=O)c2ccc3ccccc3c2)cc1Cl. The molecule has 9 heteroatoms. The van der Waals surface area contributed by atoms with Gasteiger partial charge in [0.2, 0.25) is 10.0 Å². The predicted molar refractivity (Wildman–Crippen MR) is 105 cm³/mol. The largest absolute Gasteiger partial charge is 0.282 e. The van der Waals surface area contributed by atoms with Gasteiger partial charge in [0.25, 0.3) is 10.0 Å². The number of halogens is 1. The molecule has 2 N–H and O–H groups in total. The van der Waals surface area contributed by atoms with E-state index in [1.165, 1.54) is 24.3 Å². The monoisotopic (exact) mass is 410 g/mol. The van der Waals surface area contributed by atoms with E-state index in [1.807, 2.05) is 24.3 Å². The maximum Gasteiger partial charge on any atom is 0.261 e. The maximum atomic E-state index is 12.6. The van der Waals surface area contributed by atoms with Crippen LogP contribution >= 0.6 is 11.6 Å². The van der Waals surface area contributed by atoms with Crippen molar-refractivity contribution < 1.29 is 16.8 Å². The summed E-state index contributed by atoms with van der Waals surface area (Å²) in [7, 11) is -7.30. The van der Waals surface area contributed by atoms with E-state index >= 15 is 0 Å². The Balaban J connectivity index is 1.90. The molecule has 0 aromatic heterocycles. The van der Waals surface area contributed by atoms with E-state index in [4.69, 9.17) is 11.6 Å². The number of rotatable bonds is 5. The van der Waals surface area contributed by atoms with Crippen LogP contribution in [0.3, 0.4) is 0 Å². The number of sulfonamides is 2. The van der Waals surface area contributed by atoms with Crippen LogP contribution in [0.4, 0.5) is 11.4 Å². The molecule has 0 aliphatic heterocycles. The summed E-state index contributed by atoms with van der Waals surface area (Å²) in [6.07, 6.45) is 1.000. The summed E-state index contributed by atoms with van der Waals surface area (Å²) in [6.45, 7) is 0. The van der Waals surface area contributed by atoms with Crippen molar-refractivity contribution in [3.8, 4) is 0 Å². The summed E-state index contributed by atoms with van der Waals surface area (Å²) in [6, 6.07) is 16.4. The molecule has 0 saturated carbocycles. The molecular weight excluding hydrogens is 396 g/mol. The molecule has 0 heterocycles. The average molecular weight is 411 g/mol. The van der Waals surface area contributed by atoms with Gasteiger partial charge in [-0.2, -0.15) is 0 Å². The summed E-state index contributed by atoms with van der Waals surface area (Å²) in [5, 5.41) is 1.82. The highest BCUT2D eigenvalue weighted by atomic mass is 35.5. The van der Waals surface area contributed by atoms with Gasteiger partial charge in [0.1, 0.15) is 0 Å². The number of anilines is 2. The van der Waals surface area contributed by atoms with Crippen LogP contribution in [0, 0.1) is 0 Å². The Morgan fingerprint density at radius 1 is 0.808 bits per heavy atom. The zero-order valence-electron chi connectivity index (χ0n) is 13.6. The number of fused-ring (bicyclic) bond motifs is 1. The summed E-state index contributed by atoms with van der Waals surface area (Å²) in [5.41, 5.74) is 0.394. The van der Waals surface area contributed by atoms with Gasteiger partial charge in [-0.3, -0.25) is 9.44 Å². The van der Waals surface area contributed by atoms with Gasteiger partial charge in [0, 0.05) is 0 Å². The highest BCUT2D eigenvalue weighted by molar-refractivity contribution is 7.92. The highest BCUT2D eigenvalue weighted by Crippen LogP contribution is 2.28. The lowest BCUT2D eigenvalue weighted by atomic mass is 10.1. The molecule has 0 spiro atoms. The lowest BCUT2D eigenvalue weighted by molar-refractivity contribution is 0.600. The first-order valence-corrected chi connectivity index (χ1v) is 11.2. The van der Waals surface area contributed by atoms with Crippen molar-refractivity contribution in [3.63, 3.8) is 0 Å². The van der Waals surface area contributed by atoms with E-state index in [1.54, 1.807) is 12.1 Å². The highest BCUT2D eigenvalue weighted by Gasteiger charge is 2.16. The second-order valence-electron chi connectivity index (χ2n) is 5.68. The number of nitrogens with one attached hydrogen (secondary N) is 2. The third-order valence-electron chi connectivity index (χ3n) is 3.55. The van der Waals surface area contributed by atoms with Gasteiger partial charge >= 0.3 is 0 Å². The molecule has 26 heavy (non-hydrogen) atoms. The van der Waals surface area contributed by atoms with Crippen LogP contribution in [-0.4, -0.2) is 23.1 Å². The van der Waals surface area contributed by atoms with E-state index in [-0.39, 0.29) is 21.3 Å². The quantitative estimate of drug-likeness (QED) is 0.671. The Morgan fingerprint density at radius 2 is 1.50 bits per heavy atom. The Labute approximate surface area is 156 Å². The van der Waals surface area contributed by atoms with E-state index in [9.17, 15) is 16.8 Å². The van der Waals surface area contributed by atoms with Crippen molar-refractivity contribution in [2.45, 2.75) is 4.90 Å². The Morgan fingerprint density at radius 3 is 2.15 bits per heavy atom. The third kappa shape index (κ3) is 4.27. The van der Waals surface area contributed by atoms with Gasteiger partial charge in [-0.15, -0.1) is 0 Å². The van der Waals surface area contributed by atoms with Gasteiger partial charge < -0.3 is 0 Å². The fraction of sp³-hybridized carbons (Fsp3) is 0.0588. The minimum absolute atomic E-state index is 0.0779. The van der Waals surface area contributed by atoms with Crippen LogP contribution in [0.1, 0.15) is 0 Å². The maximum absolute atomic E-state index is 12.6. The molecular formula is C17H15ClN2O4S2. The summed E-state index contributed by atoms with van der Waals surface area (Å²) in [4.78, 5) is 0.116. The zero-order chi connectivity index (χ0) is 18.9. The molecule has 0 aliphatic rings. The summed E-state index contributed by atoms with van der Waals surface area (Å²) in [5.74, 6) is 0. The van der Waals surface area contributed by atoms with Crippen molar-refractivity contribution in [1.82, 2.24) is 0 Å². The minimum atomic E-state index is -3.82. The number of hydrogen-bond acceptors (Lipinski definition) is 4. The molecule has 0 atom stereocenters. The number of benzene rings is 3. The topological polar surface area (TPSA) is 92.3 Å². The first-order chi connectivity index (χ1) is 12.1. The van der Waals surface area contributed by atoms with Gasteiger partial charge in [-0.1, -0.05) is 41.9 Å². The molecule has 3 rings (SSSR count). The average Bonchev–Trinajstić information content (AvgIpc) is 2.55. The molecule has 0 bridgehead atoms. The zero-order valence-corrected chi connectivity index (χ0v) is 16.0. The van der Waals surface area contributed by atoms with Crippen LogP contribution in [0.5, 0.6) is 0 Å². The summed E-state index contributed by atoms with van der Waals surface area (Å²) < 4.78 is 52.5. The van der Waals surface area contributed by atoms with Crippen LogP contribution in [0.2, 0.25) is 5.02 Å². The molecule has 0 unspecified atom stereocenters. The van der Waals surface area contributed by atoms with Crippen molar-refractivity contribution in [2.75, 3.05) is 15.7 Å². The van der Waals surface area contributed by atoms with Crippen LogP contribution < -0.4 is 9.44 Å². The van der Waals surface area contributed by atoms with Crippen molar-refractivity contribution in [1.29, 1.82) is 0 Å². The van der Waals surface area contributed by atoms with Gasteiger partial charge in [-0.25, -0.2) is 16.8 Å².